The smallest absolute Gasteiger partial charge is 0.264 e. The lowest BCUT2D eigenvalue weighted by atomic mass is 9.81. The maximum atomic E-state index is 15.0. The summed E-state index contributed by atoms with van der Waals surface area (Å²) in [6, 6.07) is 13.9. The molecule has 0 saturated heterocycles. The number of aryl methyl sites for hydroxylation is 1. The lowest BCUT2D eigenvalue weighted by Crippen LogP contribution is -2.23. The van der Waals surface area contributed by atoms with Gasteiger partial charge in [0, 0.05) is 22.4 Å². The molecule has 0 N–H and O–H groups in total. The molecule has 0 bridgehead atoms. The molecule has 0 amide bonds. The van der Waals surface area contributed by atoms with Gasteiger partial charge in [0.2, 0.25) is 0 Å². The van der Waals surface area contributed by atoms with E-state index in [0.29, 0.717) is 27.2 Å². The first-order valence-corrected chi connectivity index (χ1v) is 16.1. The zero-order valence-corrected chi connectivity index (χ0v) is 25.8. The van der Waals surface area contributed by atoms with Gasteiger partial charge in [0.1, 0.15) is 23.2 Å². The number of thioether (sulfide) groups is 1. The minimum atomic E-state index is -3.58. The van der Waals surface area contributed by atoms with E-state index in [2.05, 4.69) is 9.17 Å². The highest BCUT2D eigenvalue weighted by molar-refractivity contribution is 7.98. The van der Waals surface area contributed by atoms with Crippen LogP contribution in [-0.2, 0) is 31.9 Å². The van der Waals surface area contributed by atoms with Crippen LogP contribution in [0.3, 0.4) is 0 Å². The van der Waals surface area contributed by atoms with Gasteiger partial charge in [-0.2, -0.15) is 8.42 Å². The Bertz CT molecular complexity index is 1650. The summed E-state index contributed by atoms with van der Waals surface area (Å²) in [7, 11) is -2.04. The molecule has 0 saturated carbocycles. The van der Waals surface area contributed by atoms with Crippen LogP contribution in [0.5, 0.6) is 5.75 Å². The highest BCUT2D eigenvalue weighted by atomic mass is 35.5. The summed E-state index contributed by atoms with van der Waals surface area (Å²) in [5.41, 5.74) is 1.93. The van der Waals surface area contributed by atoms with Gasteiger partial charge < -0.3 is 4.74 Å². The van der Waals surface area contributed by atoms with Crippen LogP contribution in [0, 0.1) is 17.5 Å². The van der Waals surface area contributed by atoms with E-state index in [-0.39, 0.29) is 30.8 Å². The Kier molecular flexibility index (Phi) is 9.97. The van der Waals surface area contributed by atoms with E-state index in [1.165, 1.54) is 31.4 Å². The fraction of sp³-hybridized carbons (Fsp3) is 0.300. The van der Waals surface area contributed by atoms with Gasteiger partial charge in [0.05, 0.1) is 36.9 Å². The number of methoxy groups -OCH3 is 1. The number of hydrogen-bond acceptors (Lipinski definition) is 6. The minimum absolute atomic E-state index is 0.0536. The summed E-state index contributed by atoms with van der Waals surface area (Å²) in [5.74, 6) is -1.36. The Labute approximate surface area is 253 Å². The number of benzene rings is 3. The average molecular weight is 639 g/mol. The molecule has 6 nitrogen and oxygen atoms in total. The summed E-state index contributed by atoms with van der Waals surface area (Å²) in [6.07, 6.45) is 3.17. The molecule has 0 aliphatic carbocycles. The zero-order valence-electron chi connectivity index (χ0n) is 23.5. The summed E-state index contributed by atoms with van der Waals surface area (Å²) >= 11 is 7.40. The molecule has 4 rings (SSSR count). The Morgan fingerprint density at radius 1 is 1.02 bits per heavy atom. The summed E-state index contributed by atoms with van der Waals surface area (Å²) in [5, 5.41) is 0.934. The number of nitrogens with zero attached hydrogens (tertiary/aromatic N) is 2. The molecule has 224 valence electrons. The minimum Gasteiger partial charge on any atom is -0.495 e. The molecule has 0 atom stereocenters. The Balaban J connectivity index is 1.63. The number of halogens is 4. The fourth-order valence-corrected chi connectivity index (χ4v) is 6.10. The summed E-state index contributed by atoms with van der Waals surface area (Å²) in [6.45, 7) is 3.92. The highest BCUT2D eigenvalue weighted by Crippen LogP contribution is 2.39. The summed E-state index contributed by atoms with van der Waals surface area (Å²) in [4.78, 5) is 4.60. The van der Waals surface area contributed by atoms with Crippen LogP contribution in [0.25, 0.3) is 5.69 Å². The van der Waals surface area contributed by atoms with E-state index in [9.17, 15) is 12.8 Å². The second-order valence-corrected chi connectivity index (χ2v) is 13.2. The maximum Gasteiger partial charge on any atom is 0.264 e. The molecule has 1 heterocycles. The first-order valence-electron chi connectivity index (χ1n) is 12.9. The molecule has 4 aromatic rings. The van der Waals surface area contributed by atoms with E-state index < -0.39 is 33.0 Å². The van der Waals surface area contributed by atoms with E-state index in [4.69, 9.17) is 16.3 Å². The summed E-state index contributed by atoms with van der Waals surface area (Å²) < 4.78 is 78.0. The van der Waals surface area contributed by atoms with Gasteiger partial charge >= 0.3 is 0 Å². The van der Waals surface area contributed by atoms with Crippen molar-refractivity contribution in [2.45, 2.75) is 43.0 Å². The van der Waals surface area contributed by atoms with E-state index in [0.717, 1.165) is 29.3 Å². The predicted molar refractivity (Wildman–Crippen MR) is 159 cm³/mol. The van der Waals surface area contributed by atoms with Crippen molar-refractivity contribution >= 4 is 33.5 Å². The third-order valence-corrected chi connectivity index (χ3v) is 8.67. The molecule has 0 radical (unpaired) electrons. The molecule has 1 aromatic heterocycles. The topological polar surface area (TPSA) is 70.4 Å². The SMILES string of the molecule is COc1cc(C(C)(C)c2cnc(SCc3c(F)cc(CCCOS(C)(=O)=O)cc3F)n2-c2ccc(F)cc2)ccc1Cl. The van der Waals surface area contributed by atoms with Crippen molar-refractivity contribution in [3.8, 4) is 11.4 Å². The number of hydrogen-bond donors (Lipinski definition) is 0. The second kappa shape index (κ2) is 13.1. The molecule has 42 heavy (non-hydrogen) atoms. The average Bonchev–Trinajstić information content (AvgIpc) is 3.35. The van der Waals surface area contributed by atoms with Gasteiger partial charge in [0.15, 0.2) is 5.16 Å². The highest BCUT2D eigenvalue weighted by Gasteiger charge is 2.30. The molecule has 12 heteroatoms. The van der Waals surface area contributed by atoms with E-state index >= 15 is 8.78 Å². The first-order chi connectivity index (χ1) is 19.8. The molecule has 0 spiro atoms. The Morgan fingerprint density at radius 2 is 1.69 bits per heavy atom. The van der Waals surface area contributed by atoms with Crippen molar-refractivity contribution in [1.29, 1.82) is 0 Å². The molecule has 3 aromatic carbocycles. The Hall–Kier alpha value is -2.99. The number of imidazole rings is 1. The van der Waals surface area contributed by atoms with Gasteiger partial charge in [-0.15, -0.1) is 0 Å². The maximum absolute atomic E-state index is 15.0. The third kappa shape index (κ3) is 7.50. The van der Waals surface area contributed by atoms with Crippen LogP contribution < -0.4 is 4.74 Å². The van der Waals surface area contributed by atoms with Gasteiger partial charge in [0.25, 0.3) is 10.1 Å². The van der Waals surface area contributed by atoms with Crippen LogP contribution in [0.4, 0.5) is 13.2 Å². The van der Waals surface area contributed by atoms with Crippen LogP contribution >= 0.6 is 23.4 Å². The number of aromatic nitrogens is 2. The van der Waals surface area contributed by atoms with Crippen molar-refractivity contribution in [2.24, 2.45) is 0 Å². The first kappa shape index (κ1) is 31.9. The largest absolute Gasteiger partial charge is 0.495 e. The van der Waals surface area contributed by atoms with E-state index in [1.807, 2.05) is 30.5 Å². The number of ether oxygens (including phenoxy) is 1. The molecule has 0 unspecified atom stereocenters. The van der Waals surface area contributed by atoms with Gasteiger partial charge in [-0.05, 0) is 72.5 Å². The lowest BCUT2D eigenvalue weighted by Gasteiger charge is -2.28. The third-order valence-electron chi connectivity index (χ3n) is 6.78. The monoisotopic (exact) mass is 638 g/mol. The van der Waals surface area contributed by atoms with Crippen LogP contribution in [0.2, 0.25) is 5.02 Å². The molecule has 0 aliphatic rings. The van der Waals surface area contributed by atoms with Crippen molar-refractivity contribution in [2.75, 3.05) is 20.0 Å². The van der Waals surface area contributed by atoms with Crippen molar-refractivity contribution in [3.05, 3.63) is 106 Å². The zero-order chi connectivity index (χ0) is 30.7. The normalized spacial score (nSPS) is 12.1. The second-order valence-electron chi connectivity index (χ2n) is 10.2. The standard InChI is InChI=1S/C30H30ClF3N2O4S2/c1-30(2,20-7-12-24(31)27(16-20)39-3)28-17-35-29(36(28)22-10-8-21(32)9-11-22)41-18-23-25(33)14-19(15-26(23)34)6-5-13-40-42(4,37)38/h7-12,14-17H,5-6,13,18H2,1-4H3. The van der Waals surface area contributed by atoms with Crippen molar-refractivity contribution < 1.29 is 30.5 Å². The molecular formula is C30H30ClF3N2O4S2. The number of rotatable bonds is 12. The van der Waals surface area contributed by atoms with Crippen LogP contribution in [0.1, 0.15) is 42.7 Å². The molecule has 0 fully saturated rings. The Morgan fingerprint density at radius 3 is 2.31 bits per heavy atom. The predicted octanol–water partition coefficient (Wildman–Crippen LogP) is 7.48. The molecule has 0 aliphatic heterocycles. The van der Waals surface area contributed by atoms with E-state index in [1.54, 1.807) is 24.4 Å². The molecular weight excluding hydrogens is 609 g/mol. The van der Waals surface area contributed by atoms with Gasteiger partial charge in [-0.1, -0.05) is 43.3 Å². The quantitative estimate of drug-likeness (QED) is 0.0910. The van der Waals surface area contributed by atoms with Crippen LogP contribution in [-0.4, -0.2) is 37.9 Å². The fourth-order valence-electron chi connectivity index (χ4n) is 4.47. The van der Waals surface area contributed by atoms with Crippen molar-refractivity contribution in [3.63, 3.8) is 0 Å². The van der Waals surface area contributed by atoms with Gasteiger partial charge in [-0.3, -0.25) is 8.75 Å². The van der Waals surface area contributed by atoms with Crippen molar-refractivity contribution in [1.82, 2.24) is 9.55 Å². The van der Waals surface area contributed by atoms with Gasteiger partial charge in [-0.25, -0.2) is 18.2 Å². The lowest BCUT2D eigenvalue weighted by molar-refractivity contribution is 0.315. The van der Waals surface area contributed by atoms with Crippen LogP contribution in [0.15, 0.2) is 66.0 Å².